The standard InChI is InChI=1S/C14H24O/c1-14(2)9-12(8-13(15)10-14)7-11-5-3-4-6-11/h8,11,13,15H,3-7,9-10H2,1-2H3. The van der Waals surface area contributed by atoms with Crippen molar-refractivity contribution in [1.29, 1.82) is 0 Å². The van der Waals surface area contributed by atoms with E-state index in [2.05, 4.69) is 19.9 Å². The molecule has 1 fully saturated rings. The molecule has 0 aromatic carbocycles. The molecule has 0 amide bonds. The maximum atomic E-state index is 9.81. The zero-order valence-electron chi connectivity index (χ0n) is 10.1. The fourth-order valence-electron chi connectivity index (χ4n) is 3.37. The lowest BCUT2D eigenvalue weighted by atomic mass is 9.74. The molecule has 86 valence electrons. The highest BCUT2D eigenvalue weighted by atomic mass is 16.3. The zero-order chi connectivity index (χ0) is 10.9. The van der Waals surface area contributed by atoms with E-state index in [1.54, 1.807) is 0 Å². The van der Waals surface area contributed by atoms with Crippen molar-refractivity contribution in [2.24, 2.45) is 11.3 Å². The number of aliphatic hydroxyl groups excluding tert-OH is 1. The van der Waals surface area contributed by atoms with Crippen LogP contribution < -0.4 is 0 Å². The Balaban J connectivity index is 1.95. The SMILES string of the molecule is CC1(C)CC(CC2CCCC2)=CC(O)C1. The Morgan fingerprint density at radius 1 is 1.33 bits per heavy atom. The molecule has 1 saturated carbocycles. The summed E-state index contributed by atoms with van der Waals surface area (Å²) >= 11 is 0. The van der Waals surface area contributed by atoms with Gasteiger partial charge in [0.1, 0.15) is 0 Å². The smallest absolute Gasteiger partial charge is 0.0728 e. The molecule has 15 heavy (non-hydrogen) atoms. The van der Waals surface area contributed by atoms with Crippen molar-refractivity contribution in [3.05, 3.63) is 11.6 Å². The van der Waals surface area contributed by atoms with Crippen LogP contribution in [0.5, 0.6) is 0 Å². The third kappa shape index (κ3) is 3.07. The molecule has 0 aromatic heterocycles. The third-order valence-electron chi connectivity index (χ3n) is 3.92. The molecule has 2 aliphatic rings. The molecule has 1 N–H and O–H groups in total. The lowest BCUT2D eigenvalue weighted by molar-refractivity contribution is 0.136. The van der Waals surface area contributed by atoms with E-state index in [1.165, 1.54) is 44.1 Å². The zero-order valence-corrected chi connectivity index (χ0v) is 10.1. The molecule has 0 heterocycles. The molecular formula is C14H24O. The summed E-state index contributed by atoms with van der Waals surface area (Å²) in [4.78, 5) is 0. The molecule has 0 spiro atoms. The minimum atomic E-state index is -0.190. The van der Waals surface area contributed by atoms with Crippen molar-refractivity contribution >= 4 is 0 Å². The molecular weight excluding hydrogens is 184 g/mol. The predicted molar refractivity (Wildman–Crippen MR) is 63.7 cm³/mol. The van der Waals surface area contributed by atoms with Crippen LogP contribution >= 0.6 is 0 Å². The van der Waals surface area contributed by atoms with Gasteiger partial charge < -0.3 is 5.11 Å². The second-order valence-electron chi connectivity index (χ2n) is 6.29. The van der Waals surface area contributed by atoms with Crippen LogP contribution in [0, 0.1) is 11.3 Å². The summed E-state index contributed by atoms with van der Waals surface area (Å²) in [5.74, 6) is 0.914. The molecule has 0 aromatic rings. The number of hydrogen-bond acceptors (Lipinski definition) is 1. The second kappa shape index (κ2) is 4.29. The molecule has 0 aliphatic heterocycles. The first-order valence-electron chi connectivity index (χ1n) is 6.43. The summed E-state index contributed by atoms with van der Waals surface area (Å²) < 4.78 is 0. The lowest BCUT2D eigenvalue weighted by Crippen LogP contribution is -2.25. The van der Waals surface area contributed by atoms with E-state index < -0.39 is 0 Å². The molecule has 1 heteroatoms. The van der Waals surface area contributed by atoms with Gasteiger partial charge in [-0.25, -0.2) is 0 Å². The van der Waals surface area contributed by atoms with Crippen molar-refractivity contribution in [2.75, 3.05) is 0 Å². The average Bonchev–Trinajstić information content (AvgIpc) is 2.52. The van der Waals surface area contributed by atoms with Gasteiger partial charge in [-0.1, -0.05) is 51.2 Å². The predicted octanol–water partition coefficient (Wildman–Crippen LogP) is 3.67. The maximum absolute atomic E-state index is 9.81. The fourth-order valence-corrected chi connectivity index (χ4v) is 3.37. The van der Waals surface area contributed by atoms with Gasteiger partial charge in [0, 0.05) is 0 Å². The number of rotatable bonds is 2. The average molecular weight is 208 g/mol. The van der Waals surface area contributed by atoms with E-state index in [1.807, 2.05) is 0 Å². The normalized spacial score (nSPS) is 31.7. The molecule has 2 aliphatic carbocycles. The van der Waals surface area contributed by atoms with E-state index in [0.29, 0.717) is 5.41 Å². The Morgan fingerprint density at radius 2 is 2.00 bits per heavy atom. The highest BCUT2D eigenvalue weighted by molar-refractivity contribution is 5.13. The lowest BCUT2D eigenvalue weighted by Gasteiger charge is -2.33. The van der Waals surface area contributed by atoms with Crippen molar-refractivity contribution in [1.82, 2.24) is 0 Å². The topological polar surface area (TPSA) is 20.2 Å². The van der Waals surface area contributed by atoms with Gasteiger partial charge in [0.2, 0.25) is 0 Å². The van der Waals surface area contributed by atoms with Gasteiger partial charge in [0.05, 0.1) is 6.10 Å². The Kier molecular flexibility index (Phi) is 3.20. The maximum Gasteiger partial charge on any atom is 0.0728 e. The van der Waals surface area contributed by atoms with Crippen LogP contribution in [0.25, 0.3) is 0 Å². The van der Waals surface area contributed by atoms with Crippen molar-refractivity contribution < 1.29 is 5.11 Å². The Labute approximate surface area is 93.6 Å². The summed E-state index contributed by atoms with van der Waals surface area (Å²) in [6.45, 7) is 4.55. The quantitative estimate of drug-likeness (QED) is 0.686. The van der Waals surface area contributed by atoms with Gasteiger partial charge in [-0.3, -0.25) is 0 Å². The Morgan fingerprint density at radius 3 is 2.60 bits per heavy atom. The minimum absolute atomic E-state index is 0.190. The summed E-state index contributed by atoms with van der Waals surface area (Å²) in [5.41, 5.74) is 1.83. The monoisotopic (exact) mass is 208 g/mol. The third-order valence-corrected chi connectivity index (χ3v) is 3.92. The number of allylic oxidation sites excluding steroid dienone is 1. The summed E-state index contributed by atoms with van der Waals surface area (Å²) in [5, 5.41) is 9.81. The van der Waals surface area contributed by atoms with Crippen LogP contribution in [0.2, 0.25) is 0 Å². The van der Waals surface area contributed by atoms with E-state index in [4.69, 9.17) is 0 Å². The Bertz CT molecular complexity index is 246. The van der Waals surface area contributed by atoms with Crippen LogP contribution in [0.3, 0.4) is 0 Å². The van der Waals surface area contributed by atoms with E-state index in [-0.39, 0.29) is 6.10 Å². The van der Waals surface area contributed by atoms with Crippen molar-refractivity contribution in [2.45, 2.75) is 64.9 Å². The van der Waals surface area contributed by atoms with Crippen LogP contribution in [-0.4, -0.2) is 11.2 Å². The largest absolute Gasteiger partial charge is 0.389 e. The first-order chi connectivity index (χ1) is 7.05. The Hall–Kier alpha value is -0.300. The molecule has 2 rings (SSSR count). The highest BCUT2D eigenvalue weighted by Gasteiger charge is 2.28. The van der Waals surface area contributed by atoms with Gasteiger partial charge in [0.15, 0.2) is 0 Å². The minimum Gasteiger partial charge on any atom is -0.389 e. The van der Waals surface area contributed by atoms with Crippen LogP contribution in [0.15, 0.2) is 11.6 Å². The van der Waals surface area contributed by atoms with E-state index in [9.17, 15) is 5.11 Å². The van der Waals surface area contributed by atoms with Crippen LogP contribution in [0.1, 0.15) is 58.8 Å². The molecule has 0 saturated heterocycles. The molecule has 0 bridgehead atoms. The van der Waals surface area contributed by atoms with E-state index in [0.717, 1.165) is 12.3 Å². The van der Waals surface area contributed by atoms with Gasteiger partial charge in [-0.15, -0.1) is 0 Å². The van der Waals surface area contributed by atoms with Gasteiger partial charge in [-0.05, 0) is 30.6 Å². The van der Waals surface area contributed by atoms with Gasteiger partial charge in [0.25, 0.3) is 0 Å². The molecule has 0 radical (unpaired) electrons. The second-order valence-corrected chi connectivity index (χ2v) is 6.29. The van der Waals surface area contributed by atoms with Gasteiger partial charge in [-0.2, -0.15) is 0 Å². The van der Waals surface area contributed by atoms with Crippen LogP contribution in [-0.2, 0) is 0 Å². The fraction of sp³-hybridized carbons (Fsp3) is 0.857. The molecule has 1 unspecified atom stereocenters. The number of aliphatic hydroxyl groups is 1. The van der Waals surface area contributed by atoms with E-state index >= 15 is 0 Å². The first kappa shape index (κ1) is 11.2. The highest BCUT2D eigenvalue weighted by Crippen LogP contribution is 2.40. The first-order valence-corrected chi connectivity index (χ1v) is 6.43. The summed E-state index contributed by atoms with van der Waals surface area (Å²) in [6.07, 6.45) is 11.0. The van der Waals surface area contributed by atoms with Crippen molar-refractivity contribution in [3.8, 4) is 0 Å². The number of hydrogen-bond donors (Lipinski definition) is 1. The molecule has 1 atom stereocenters. The molecule has 1 nitrogen and oxygen atoms in total. The van der Waals surface area contributed by atoms with Gasteiger partial charge >= 0.3 is 0 Å². The summed E-state index contributed by atoms with van der Waals surface area (Å²) in [7, 11) is 0. The summed E-state index contributed by atoms with van der Waals surface area (Å²) in [6, 6.07) is 0. The van der Waals surface area contributed by atoms with Crippen molar-refractivity contribution in [3.63, 3.8) is 0 Å². The van der Waals surface area contributed by atoms with Crippen LogP contribution in [0.4, 0.5) is 0 Å².